The molecule has 1 aromatic rings. The Labute approximate surface area is 116 Å². The van der Waals surface area contributed by atoms with Crippen molar-refractivity contribution in [2.45, 2.75) is 32.1 Å². The van der Waals surface area contributed by atoms with Crippen LogP contribution in [0, 0.1) is 17.3 Å². The van der Waals surface area contributed by atoms with Crippen LogP contribution in [0.5, 0.6) is 0 Å². The van der Waals surface area contributed by atoms with Gasteiger partial charge in [0.05, 0.1) is 3.79 Å². The average Bonchev–Trinajstić information content (AvgIpc) is 2.95. The molecule has 2 aliphatic rings. The van der Waals surface area contributed by atoms with E-state index in [1.165, 1.54) is 42.4 Å². The average molecular weight is 314 g/mol. The molecule has 1 N–H and O–H groups in total. The van der Waals surface area contributed by atoms with Crippen LogP contribution < -0.4 is 5.32 Å². The van der Waals surface area contributed by atoms with Gasteiger partial charge in [0.1, 0.15) is 0 Å². The number of nitrogens with one attached hydrogen (secondary N) is 1. The first-order valence-electron chi connectivity index (χ1n) is 6.61. The molecule has 2 bridgehead atoms. The molecule has 3 unspecified atom stereocenters. The van der Waals surface area contributed by atoms with Crippen molar-refractivity contribution in [2.75, 3.05) is 13.6 Å². The van der Waals surface area contributed by atoms with Gasteiger partial charge in [-0.25, -0.2) is 0 Å². The summed E-state index contributed by atoms with van der Waals surface area (Å²) in [5.41, 5.74) is 0.557. The highest BCUT2D eigenvalue weighted by atomic mass is 79.9. The van der Waals surface area contributed by atoms with Gasteiger partial charge in [0, 0.05) is 11.4 Å². The van der Waals surface area contributed by atoms with Crippen molar-refractivity contribution < 1.29 is 0 Å². The number of fused-ring (bicyclic) bond motifs is 2. The number of halogens is 1. The van der Waals surface area contributed by atoms with Gasteiger partial charge >= 0.3 is 0 Å². The zero-order valence-corrected chi connectivity index (χ0v) is 12.7. The lowest BCUT2D eigenvalue weighted by Crippen LogP contribution is -2.39. The van der Waals surface area contributed by atoms with Crippen LogP contribution >= 0.6 is 27.3 Å². The minimum absolute atomic E-state index is 0.557. The topological polar surface area (TPSA) is 12.0 Å². The zero-order chi connectivity index (χ0) is 11.9. The van der Waals surface area contributed by atoms with Crippen LogP contribution in [-0.4, -0.2) is 13.6 Å². The second-order valence-electron chi connectivity index (χ2n) is 5.86. The Balaban J connectivity index is 1.81. The molecule has 3 heteroatoms. The minimum Gasteiger partial charge on any atom is -0.319 e. The summed E-state index contributed by atoms with van der Waals surface area (Å²) in [5.74, 6) is 2.00. The maximum absolute atomic E-state index is 3.58. The highest BCUT2D eigenvalue weighted by Gasteiger charge is 2.50. The summed E-state index contributed by atoms with van der Waals surface area (Å²) in [6.45, 7) is 1.20. The lowest BCUT2D eigenvalue weighted by molar-refractivity contribution is 0.161. The van der Waals surface area contributed by atoms with Crippen molar-refractivity contribution in [1.29, 1.82) is 0 Å². The molecule has 0 spiro atoms. The van der Waals surface area contributed by atoms with Gasteiger partial charge in [-0.05, 0) is 78.0 Å². The Morgan fingerprint density at radius 2 is 2.35 bits per heavy atom. The quantitative estimate of drug-likeness (QED) is 0.883. The molecule has 0 aromatic carbocycles. The molecular weight excluding hydrogens is 294 g/mol. The van der Waals surface area contributed by atoms with Crippen molar-refractivity contribution in [2.24, 2.45) is 17.3 Å². The van der Waals surface area contributed by atoms with Crippen molar-refractivity contribution in [1.82, 2.24) is 5.32 Å². The molecule has 2 aliphatic carbocycles. The summed E-state index contributed by atoms with van der Waals surface area (Å²) in [5, 5.41) is 3.46. The molecule has 0 saturated heterocycles. The fourth-order valence-corrected chi connectivity index (χ4v) is 5.84. The maximum atomic E-state index is 3.58. The number of hydrogen-bond donors (Lipinski definition) is 1. The van der Waals surface area contributed by atoms with E-state index >= 15 is 0 Å². The third kappa shape index (κ3) is 2.22. The van der Waals surface area contributed by atoms with Crippen LogP contribution in [0.2, 0.25) is 0 Å². The molecule has 0 aliphatic heterocycles. The van der Waals surface area contributed by atoms with Crippen molar-refractivity contribution in [3.8, 4) is 0 Å². The zero-order valence-electron chi connectivity index (χ0n) is 10.3. The molecule has 3 atom stereocenters. The summed E-state index contributed by atoms with van der Waals surface area (Å²) in [6, 6.07) is 4.50. The number of thiophene rings is 1. The highest BCUT2D eigenvalue weighted by Crippen LogP contribution is 2.57. The fraction of sp³-hybridized carbons (Fsp3) is 0.714. The highest BCUT2D eigenvalue weighted by molar-refractivity contribution is 9.11. The fourth-order valence-electron chi connectivity index (χ4n) is 4.20. The largest absolute Gasteiger partial charge is 0.319 e. The summed E-state index contributed by atoms with van der Waals surface area (Å²) in [4.78, 5) is 1.56. The van der Waals surface area contributed by atoms with E-state index in [1.807, 2.05) is 11.3 Å². The van der Waals surface area contributed by atoms with Gasteiger partial charge in [-0.3, -0.25) is 0 Å². The Morgan fingerprint density at radius 1 is 1.47 bits per heavy atom. The van der Waals surface area contributed by atoms with E-state index in [1.54, 1.807) is 4.88 Å². The smallest absolute Gasteiger partial charge is 0.0701 e. The van der Waals surface area contributed by atoms with Gasteiger partial charge in [0.15, 0.2) is 0 Å². The molecule has 2 fully saturated rings. The monoisotopic (exact) mass is 313 g/mol. The summed E-state index contributed by atoms with van der Waals surface area (Å²) in [7, 11) is 2.11. The van der Waals surface area contributed by atoms with Crippen molar-refractivity contribution >= 4 is 27.3 Å². The normalized spacial score (nSPS) is 35.6. The lowest BCUT2D eigenvalue weighted by Gasteiger charge is -2.37. The van der Waals surface area contributed by atoms with Gasteiger partial charge in [0.25, 0.3) is 0 Å². The van der Waals surface area contributed by atoms with E-state index in [0.717, 1.165) is 11.8 Å². The molecule has 0 amide bonds. The van der Waals surface area contributed by atoms with Crippen LogP contribution in [0.4, 0.5) is 0 Å². The number of hydrogen-bond acceptors (Lipinski definition) is 2. The van der Waals surface area contributed by atoms with Gasteiger partial charge in [-0.1, -0.05) is 6.42 Å². The van der Waals surface area contributed by atoms with Crippen LogP contribution in [-0.2, 0) is 6.42 Å². The van der Waals surface area contributed by atoms with E-state index in [4.69, 9.17) is 0 Å². The summed E-state index contributed by atoms with van der Waals surface area (Å²) >= 11 is 5.50. The van der Waals surface area contributed by atoms with E-state index in [2.05, 4.69) is 40.4 Å². The second kappa shape index (κ2) is 4.67. The second-order valence-corrected chi connectivity index (χ2v) is 8.40. The Hall–Kier alpha value is 0.140. The Bertz CT molecular complexity index is 403. The van der Waals surface area contributed by atoms with Gasteiger partial charge in [-0.15, -0.1) is 11.3 Å². The third-order valence-corrected chi connectivity index (χ3v) is 6.41. The molecule has 2 saturated carbocycles. The van der Waals surface area contributed by atoms with Crippen LogP contribution in [0.25, 0.3) is 0 Å². The molecular formula is C14H20BrNS. The van der Waals surface area contributed by atoms with Crippen LogP contribution in [0.3, 0.4) is 0 Å². The van der Waals surface area contributed by atoms with E-state index in [-0.39, 0.29) is 0 Å². The predicted molar refractivity (Wildman–Crippen MR) is 77.5 cm³/mol. The summed E-state index contributed by atoms with van der Waals surface area (Å²) < 4.78 is 1.27. The Morgan fingerprint density at radius 3 is 2.88 bits per heavy atom. The first kappa shape index (κ1) is 12.2. The molecule has 1 heterocycles. The SMILES string of the molecule is CNCC1(Cc2ccc(Br)s2)CC2CCC1C2. The Kier molecular flexibility index (Phi) is 3.35. The standard InChI is InChI=1S/C14H20BrNS/c1-16-9-14(7-10-2-3-11(14)6-10)8-12-4-5-13(15)17-12/h4-5,10-11,16H,2-3,6-9H2,1H3. The third-order valence-electron chi connectivity index (χ3n) is 4.79. The van der Waals surface area contributed by atoms with Crippen LogP contribution in [0.1, 0.15) is 30.6 Å². The first-order valence-corrected chi connectivity index (χ1v) is 8.22. The van der Waals surface area contributed by atoms with E-state index < -0.39 is 0 Å². The van der Waals surface area contributed by atoms with Gasteiger partial charge < -0.3 is 5.32 Å². The number of rotatable bonds is 4. The summed E-state index contributed by atoms with van der Waals surface area (Å²) in [6.07, 6.45) is 7.19. The molecule has 3 rings (SSSR count). The van der Waals surface area contributed by atoms with Crippen molar-refractivity contribution in [3.05, 3.63) is 20.8 Å². The predicted octanol–water partition coefficient (Wildman–Crippen LogP) is 4.08. The van der Waals surface area contributed by atoms with E-state index in [0.29, 0.717) is 5.41 Å². The van der Waals surface area contributed by atoms with E-state index in [9.17, 15) is 0 Å². The van der Waals surface area contributed by atoms with Crippen LogP contribution in [0.15, 0.2) is 15.9 Å². The first-order chi connectivity index (χ1) is 8.22. The molecule has 94 valence electrons. The molecule has 0 radical (unpaired) electrons. The minimum atomic E-state index is 0.557. The maximum Gasteiger partial charge on any atom is 0.0701 e. The molecule has 1 aromatic heterocycles. The van der Waals surface area contributed by atoms with Gasteiger partial charge in [0.2, 0.25) is 0 Å². The van der Waals surface area contributed by atoms with Crippen molar-refractivity contribution in [3.63, 3.8) is 0 Å². The molecule has 17 heavy (non-hydrogen) atoms. The van der Waals surface area contributed by atoms with Gasteiger partial charge in [-0.2, -0.15) is 0 Å². The molecule has 1 nitrogen and oxygen atoms in total. The lowest BCUT2D eigenvalue weighted by atomic mass is 9.70.